The fraction of sp³-hybridized carbons (Fsp3) is 0. The Morgan fingerprint density at radius 3 is 0.364 bits per heavy atom. The normalized spacial score (nSPS) is 1.82. The predicted octanol–water partition coefficient (Wildman–Crippen LogP) is -1.37. The van der Waals surface area contributed by atoms with Gasteiger partial charge in [-0.3, -0.25) is 33.9 Å². The molecule has 0 rings (SSSR count). The van der Waals surface area contributed by atoms with E-state index in [4.69, 9.17) is 24.0 Å². The van der Waals surface area contributed by atoms with Crippen LogP contribution in [0.3, 0.4) is 0 Å². The first-order chi connectivity index (χ1) is 5.00. The summed E-state index contributed by atoms with van der Waals surface area (Å²) in [4.78, 5) is 38.8. The van der Waals surface area contributed by atoms with Gasteiger partial charge in [-0.1, -0.05) is 0 Å². The fourth-order valence-electron chi connectivity index (χ4n) is 0. The molecule has 0 aromatic heterocycles. The van der Waals surface area contributed by atoms with Crippen molar-refractivity contribution in [2.75, 3.05) is 0 Å². The van der Waals surface area contributed by atoms with Gasteiger partial charge in [-0.15, -0.1) is 0 Å². The molecule has 1 radical (unpaired) electrons. The molecule has 0 aliphatic carbocycles. The molecular formula is C5H5O5Ru. The summed E-state index contributed by atoms with van der Waals surface area (Å²) in [5.41, 5.74) is 0. The summed E-state index contributed by atoms with van der Waals surface area (Å²) in [6.45, 7) is 16.2. The Bertz CT molecular complexity index is 26.4. The summed E-state index contributed by atoms with van der Waals surface area (Å²) in [5, 5.41) is 0. The van der Waals surface area contributed by atoms with Crippen molar-refractivity contribution in [1.82, 2.24) is 0 Å². The van der Waals surface area contributed by atoms with E-state index in [9.17, 15) is 0 Å². The smallest absolute Gasteiger partial charge is 0.545 e. The largest absolute Gasteiger partial charge is 5.00 e. The standard InChI is InChI=1S/5CHO.Ru/c5*1-2;/h5*1H;/q5*-1;+5. The van der Waals surface area contributed by atoms with Gasteiger partial charge in [0.15, 0.2) is 0 Å². The molecule has 0 saturated carbocycles. The molecule has 11 heavy (non-hydrogen) atoms. The van der Waals surface area contributed by atoms with Crippen molar-refractivity contribution >= 4 is 33.9 Å². The summed E-state index contributed by atoms with van der Waals surface area (Å²) in [6.07, 6.45) is 0. The van der Waals surface area contributed by atoms with Crippen molar-refractivity contribution in [3.63, 3.8) is 0 Å². The fourth-order valence-corrected chi connectivity index (χ4v) is 0. The van der Waals surface area contributed by atoms with Crippen LogP contribution in [0.5, 0.6) is 0 Å². The molecule has 0 spiro atoms. The number of rotatable bonds is 0. The Kier molecular flexibility index (Phi) is 2500. The second kappa shape index (κ2) is 541. The van der Waals surface area contributed by atoms with Crippen LogP contribution in [0.2, 0.25) is 0 Å². The van der Waals surface area contributed by atoms with Gasteiger partial charge in [-0.25, -0.2) is 0 Å². The zero-order valence-corrected chi connectivity index (χ0v) is 7.02. The van der Waals surface area contributed by atoms with Crippen LogP contribution in [0.15, 0.2) is 0 Å². The van der Waals surface area contributed by atoms with E-state index in [0.29, 0.717) is 0 Å². The molecule has 0 bridgehead atoms. The first kappa shape index (κ1) is 50.9. The molecular weight excluding hydrogens is 241 g/mol. The molecule has 0 unspecified atom stereocenters. The SMILES string of the molecule is [CH-]=O.[CH-]=O.[CH-]=O.[CH-]=O.[CH-]=O.[Ru+5]. The first-order valence-electron chi connectivity index (χ1n) is 1.18. The molecule has 0 fully saturated rings. The third-order valence-electron chi connectivity index (χ3n) is 0. The molecule has 0 aromatic carbocycles. The van der Waals surface area contributed by atoms with Crippen molar-refractivity contribution < 1.29 is 43.5 Å². The molecule has 0 atom stereocenters. The van der Waals surface area contributed by atoms with Crippen LogP contribution < -0.4 is 0 Å². The predicted molar refractivity (Wildman–Crippen MR) is 33.8 cm³/mol. The van der Waals surface area contributed by atoms with Crippen molar-refractivity contribution in [3.8, 4) is 0 Å². The van der Waals surface area contributed by atoms with Gasteiger partial charge in [0.1, 0.15) is 0 Å². The van der Waals surface area contributed by atoms with Gasteiger partial charge in [-0.05, 0) is 0 Å². The van der Waals surface area contributed by atoms with Gasteiger partial charge in [0, 0.05) is 0 Å². The van der Waals surface area contributed by atoms with Gasteiger partial charge in [0.25, 0.3) is 0 Å². The average molecular weight is 246 g/mol. The monoisotopic (exact) mass is 247 g/mol. The maximum atomic E-state index is 7.75. The van der Waals surface area contributed by atoms with E-state index in [0.717, 1.165) is 0 Å². The Labute approximate surface area is 77.9 Å². The summed E-state index contributed by atoms with van der Waals surface area (Å²) in [5.74, 6) is 0. The Morgan fingerprint density at radius 2 is 0.364 bits per heavy atom. The van der Waals surface area contributed by atoms with Crippen molar-refractivity contribution in [2.45, 2.75) is 0 Å². The average Bonchev–Trinajstić information content (AvgIpc) is 2.20. The van der Waals surface area contributed by atoms with E-state index in [1.165, 1.54) is 0 Å². The minimum Gasteiger partial charge on any atom is -0.545 e. The molecule has 0 heterocycles. The van der Waals surface area contributed by atoms with Gasteiger partial charge in [-0.2, -0.15) is 0 Å². The summed E-state index contributed by atoms with van der Waals surface area (Å²) >= 11 is 0. The zero-order valence-electron chi connectivity index (χ0n) is 5.28. The molecule has 63 valence electrons. The maximum absolute atomic E-state index is 7.75. The van der Waals surface area contributed by atoms with Crippen LogP contribution in [0.1, 0.15) is 0 Å². The Hall–Kier alpha value is -1.03. The van der Waals surface area contributed by atoms with E-state index in [2.05, 4.69) is 33.9 Å². The molecule has 0 saturated heterocycles. The van der Waals surface area contributed by atoms with Crippen molar-refractivity contribution in [3.05, 3.63) is 0 Å². The Balaban J connectivity index is -0.00000000694. The van der Waals surface area contributed by atoms with Crippen LogP contribution in [-0.2, 0) is 43.5 Å². The van der Waals surface area contributed by atoms with E-state index in [1.54, 1.807) is 0 Å². The first-order valence-corrected chi connectivity index (χ1v) is 1.18. The molecule has 0 amide bonds. The van der Waals surface area contributed by atoms with E-state index >= 15 is 0 Å². The zero-order chi connectivity index (χ0) is 10.0. The van der Waals surface area contributed by atoms with Gasteiger partial charge >= 0.3 is 19.5 Å². The molecule has 0 N–H and O–H groups in total. The van der Waals surface area contributed by atoms with E-state index in [1.807, 2.05) is 0 Å². The Morgan fingerprint density at radius 1 is 0.364 bits per heavy atom. The van der Waals surface area contributed by atoms with Gasteiger partial charge in [0.05, 0.1) is 0 Å². The molecule has 6 heteroatoms. The van der Waals surface area contributed by atoms with Crippen molar-refractivity contribution in [2.24, 2.45) is 0 Å². The van der Waals surface area contributed by atoms with Crippen LogP contribution in [-0.4, -0.2) is 33.9 Å². The quantitative estimate of drug-likeness (QED) is 0.299. The van der Waals surface area contributed by atoms with Gasteiger partial charge in [0.2, 0.25) is 0 Å². The number of hydrogen-bond acceptors (Lipinski definition) is 5. The number of hydrogen-bond donors (Lipinski definition) is 0. The van der Waals surface area contributed by atoms with Crippen LogP contribution in [0.4, 0.5) is 0 Å². The van der Waals surface area contributed by atoms with Crippen LogP contribution in [0.25, 0.3) is 0 Å². The second-order valence-electron chi connectivity index (χ2n) is 0. The summed E-state index contributed by atoms with van der Waals surface area (Å²) in [7, 11) is 0. The summed E-state index contributed by atoms with van der Waals surface area (Å²) < 4.78 is 0. The van der Waals surface area contributed by atoms with Crippen LogP contribution >= 0.6 is 0 Å². The van der Waals surface area contributed by atoms with E-state index < -0.39 is 0 Å². The molecule has 0 aromatic rings. The second-order valence-corrected chi connectivity index (χ2v) is 0. The van der Waals surface area contributed by atoms with Crippen LogP contribution in [0, 0.1) is 0 Å². The molecule has 5 nitrogen and oxygen atoms in total. The third kappa shape index (κ3) is 414. The van der Waals surface area contributed by atoms with Gasteiger partial charge < -0.3 is 24.0 Å². The third-order valence-corrected chi connectivity index (χ3v) is 0. The maximum Gasteiger partial charge on any atom is 5.00 e. The minimum absolute atomic E-state index is 0. The van der Waals surface area contributed by atoms with E-state index in [-0.39, 0.29) is 19.5 Å². The minimum atomic E-state index is 0. The molecule has 0 aliphatic heterocycles. The topological polar surface area (TPSA) is 85.3 Å². The van der Waals surface area contributed by atoms with Crippen molar-refractivity contribution in [1.29, 1.82) is 0 Å². The number of carbonyl (C=O) groups excluding carboxylic acids is 5. The molecule has 0 aliphatic rings. The summed E-state index contributed by atoms with van der Waals surface area (Å²) in [6, 6.07) is 0.